The number of fused-ring (bicyclic) bond motifs is 1. The number of furan rings is 1. The highest BCUT2D eigenvalue weighted by Gasteiger charge is 2.13. The van der Waals surface area contributed by atoms with Crippen molar-refractivity contribution >= 4 is 17.4 Å². The summed E-state index contributed by atoms with van der Waals surface area (Å²) >= 11 is 0. The number of nitrogens with zero attached hydrogens (tertiary/aromatic N) is 1. The molecule has 0 N–H and O–H groups in total. The average Bonchev–Trinajstić information content (AvgIpc) is 3.13. The van der Waals surface area contributed by atoms with E-state index in [1.54, 1.807) is 6.07 Å². The lowest BCUT2D eigenvalue weighted by Crippen LogP contribution is -1.87. The average molecular weight is 343 g/mol. The van der Waals surface area contributed by atoms with Gasteiger partial charge >= 0.3 is 0 Å². The van der Waals surface area contributed by atoms with Crippen LogP contribution in [0.2, 0.25) is 0 Å². The van der Waals surface area contributed by atoms with Crippen LogP contribution < -0.4 is 0 Å². The number of pyridine rings is 1. The molecule has 3 nitrogen and oxygen atoms in total. The predicted molar refractivity (Wildman–Crippen MR) is 106 cm³/mol. The minimum Gasteiger partial charge on any atom is -0.438 e. The monoisotopic (exact) mass is 343 g/mol. The number of benzene rings is 2. The van der Waals surface area contributed by atoms with E-state index in [9.17, 15) is 4.79 Å². The van der Waals surface area contributed by atoms with Gasteiger partial charge < -0.3 is 4.42 Å². The third-order valence-corrected chi connectivity index (χ3v) is 4.21. The van der Waals surface area contributed by atoms with Gasteiger partial charge in [-0.15, -0.1) is 0 Å². The van der Waals surface area contributed by atoms with Gasteiger partial charge in [-0.25, -0.2) is 4.98 Å². The fourth-order valence-corrected chi connectivity index (χ4v) is 2.98. The zero-order valence-corrected chi connectivity index (χ0v) is 15.2. The Morgan fingerprint density at radius 1 is 0.923 bits per heavy atom. The lowest BCUT2D eigenvalue weighted by atomic mass is 9.95. The van der Waals surface area contributed by atoms with Crippen molar-refractivity contribution in [1.82, 2.24) is 4.98 Å². The minimum atomic E-state index is 0.542. The number of hydrogen-bond acceptors (Lipinski definition) is 3. The summed E-state index contributed by atoms with van der Waals surface area (Å²) in [6.45, 7) is 6.09. The molecule has 0 bridgehead atoms. The van der Waals surface area contributed by atoms with Gasteiger partial charge in [-0.05, 0) is 35.7 Å². The second-order valence-electron chi connectivity index (χ2n) is 5.74. The third kappa shape index (κ3) is 3.29. The predicted octanol–water partition coefficient (Wildman–Crippen LogP) is 6.31. The molecule has 0 amide bonds. The fourth-order valence-electron chi connectivity index (χ4n) is 2.98. The third-order valence-electron chi connectivity index (χ3n) is 4.21. The number of aldehydes is 1. The van der Waals surface area contributed by atoms with Crippen molar-refractivity contribution in [2.75, 3.05) is 0 Å². The van der Waals surface area contributed by atoms with Crippen LogP contribution in [0.3, 0.4) is 0 Å². The van der Waals surface area contributed by atoms with E-state index in [0.717, 1.165) is 28.6 Å². The molecule has 2 aromatic carbocycles. The molecular formula is C23H21NO2. The van der Waals surface area contributed by atoms with Gasteiger partial charge in [0.2, 0.25) is 5.71 Å². The summed E-state index contributed by atoms with van der Waals surface area (Å²) in [5.41, 5.74) is 5.62. The lowest BCUT2D eigenvalue weighted by molar-refractivity contribution is 0.112. The van der Waals surface area contributed by atoms with Crippen LogP contribution >= 0.6 is 0 Å². The largest absolute Gasteiger partial charge is 0.438 e. The first kappa shape index (κ1) is 17.6. The zero-order chi connectivity index (χ0) is 18.5. The molecule has 26 heavy (non-hydrogen) atoms. The highest BCUT2D eigenvalue weighted by atomic mass is 16.3. The van der Waals surface area contributed by atoms with Crippen molar-refractivity contribution in [3.05, 3.63) is 78.0 Å². The molecular weight excluding hydrogens is 322 g/mol. The van der Waals surface area contributed by atoms with Gasteiger partial charge in [0.25, 0.3) is 0 Å². The molecule has 0 fully saturated rings. The fraction of sp³-hybridized carbons (Fsp3) is 0.130. The first-order valence-electron chi connectivity index (χ1n) is 8.76. The van der Waals surface area contributed by atoms with Crippen LogP contribution in [0, 0.1) is 6.92 Å². The molecule has 4 rings (SSSR count). The smallest absolute Gasteiger partial charge is 0.226 e. The lowest BCUT2D eigenvalue weighted by Gasteiger charge is -2.09. The summed E-state index contributed by atoms with van der Waals surface area (Å²) in [5.74, 6) is 0.760. The van der Waals surface area contributed by atoms with Gasteiger partial charge in [0, 0.05) is 22.7 Å². The van der Waals surface area contributed by atoms with E-state index in [4.69, 9.17) is 4.42 Å². The van der Waals surface area contributed by atoms with Crippen molar-refractivity contribution in [2.24, 2.45) is 0 Å². The SMILES string of the molecule is CC.Cc1c(-c2ccccc2)cccc1-c1cc2cc(C=O)cnc2o1. The van der Waals surface area contributed by atoms with Gasteiger partial charge in [-0.1, -0.05) is 62.4 Å². The Kier molecular flexibility index (Phi) is 5.28. The topological polar surface area (TPSA) is 43.1 Å². The maximum atomic E-state index is 10.9. The van der Waals surface area contributed by atoms with Crippen LogP contribution in [0.15, 0.2) is 71.3 Å². The summed E-state index contributed by atoms with van der Waals surface area (Å²) in [7, 11) is 0. The molecule has 0 spiro atoms. The molecule has 0 aliphatic heterocycles. The van der Waals surface area contributed by atoms with Gasteiger partial charge in [0.1, 0.15) is 5.76 Å². The van der Waals surface area contributed by atoms with Crippen LogP contribution in [-0.4, -0.2) is 11.3 Å². The van der Waals surface area contributed by atoms with E-state index in [1.807, 2.05) is 50.2 Å². The molecule has 2 aromatic heterocycles. The second kappa shape index (κ2) is 7.79. The van der Waals surface area contributed by atoms with Crippen LogP contribution in [0.1, 0.15) is 29.8 Å². The van der Waals surface area contributed by atoms with Crippen molar-refractivity contribution in [1.29, 1.82) is 0 Å². The molecule has 3 heteroatoms. The van der Waals surface area contributed by atoms with Gasteiger partial charge in [-0.2, -0.15) is 0 Å². The Morgan fingerprint density at radius 3 is 2.38 bits per heavy atom. The number of carbonyl (C=O) groups excluding carboxylic acids is 1. The Bertz CT molecular complexity index is 1030. The van der Waals surface area contributed by atoms with E-state index >= 15 is 0 Å². The van der Waals surface area contributed by atoms with Crippen LogP contribution in [0.25, 0.3) is 33.6 Å². The van der Waals surface area contributed by atoms with Crippen molar-refractivity contribution in [2.45, 2.75) is 20.8 Å². The van der Waals surface area contributed by atoms with E-state index < -0.39 is 0 Å². The first-order valence-corrected chi connectivity index (χ1v) is 8.76. The van der Waals surface area contributed by atoms with Crippen LogP contribution in [-0.2, 0) is 0 Å². The number of carbonyl (C=O) groups is 1. The van der Waals surface area contributed by atoms with Gasteiger partial charge in [-0.3, -0.25) is 4.79 Å². The summed E-state index contributed by atoms with van der Waals surface area (Å²) in [6, 6.07) is 20.2. The maximum absolute atomic E-state index is 10.9. The molecule has 0 saturated heterocycles. The Morgan fingerprint density at radius 2 is 1.65 bits per heavy atom. The Balaban J connectivity index is 0.000000948. The molecule has 0 saturated carbocycles. The molecule has 0 radical (unpaired) electrons. The van der Waals surface area contributed by atoms with Crippen LogP contribution in [0.5, 0.6) is 0 Å². The van der Waals surface area contributed by atoms with E-state index in [0.29, 0.717) is 11.3 Å². The van der Waals surface area contributed by atoms with Crippen molar-refractivity contribution in [3.63, 3.8) is 0 Å². The van der Waals surface area contributed by atoms with Crippen molar-refractivity contribution < 1.29 is 9.21 Å². The number of rotatable bonds is 3. The normalized spacial score (nSPS) is 10.3. The Labute approximate surface area is 153 Å². The highest BCUT2D eigenvalue weighted by Crippen LogP contribution is 2.34. The first-order chi connectivity index (χ1) is 12.8. The molecule has 0 aliphatic carbocycles. The van der Waals surface area contributed by atoms with E-state index in [1.165, 1.54) is 17.3 Å². The summed E-state index contributed by atoms with van der Waals surface area (Å²) < 4.78 is 5.90. The standard InChI is InChI=1S/C21H15NO2.C2H6/c1-14-18(16-6-3-2-4-7-16)8-5-9-19(14)20-11-17-10-15(13-23)12-22-21(17)24-20;1-2/h2-13H,1H3;1-2H3. The van der Waals surface area contributed by atoms with Crippen LogP contribution in [0.4, 0.5) is 0 Å². The molecule has 130 valence electrons. The highest BCUT2D eigenvalue weighted by molar-refractivity contribution is 5.87. The zero-order valence-electron chi connectivity index (χ0n) is 15.2. The molecule has 0 unspecified atom stereocenters. The van der Waals surface area contributed by atoms with Gasteiger partial charge in [0.05, 0.1) is 0 Å². The molecule has 0 atom stereocenters. The maximum Gasteiger partial charge on any atom is 0.226 e. The quantitative estimate of drug-likeness (QED) is 0.409. The molecule has 0 aliphatic rings. The Hall–Kier alpha value is -3.20. The minimum absolute atomic E-state index is 0.542. The number of hydrogen-bond donors (Lipinski definition) is 0. The van der Waals surface area contributed by atoms with Crippen molar-refractivity contribution in [3.8, 4) is 22.5 Å². The summed E-state index contributed by atoms with van der Waals surface area (Å²) in [5, 5.41) is 0.833. The molecule has 2 heterocycles. The van der Waals surface area contributed by atoms with Gasteiger partial charge in [0.15, 0.2) is 6.29 Å². The molecule has 4 aromatic rings. The van der Waals surface area contributed by atoms with E-state index in [-0.39, 0.29) is 0 Å². The summed E-state index contributed by atoms with van der Waals surface area (Å²) in [6.07, 6.45) is 2.32. The summed E-state index contributed by atoms with van der Waals surface area (Å²) in [4.78, 5) is 15.1. The second-order valence-corrected chi connectivity index (χ2v) is 5.74. The number of aromatic nitrogens is 1. The van der Waals surface area contributed by atoms with E-state index in [2.05, 4.69) is 30.1 Å².